The van der Waals surface area contributed by atoms with E-state index in [-0.39, 0.29) is 13.2 Å². The van der Waals surface area contributed by atoms with Gasteiger partial charge in [-0.25, -0.2) is 19.6 Å². The van der Waals surface area contributed by atoms with Gasteiger partial charge in [0.1, 0.15) is 12.1 Å². The molecule has 27 heavy (non-hydrogen) atoms. The van der Waals surface area contributed by atoms with Crippen LogP contribution in [0.4, 0.5) is 9.59 Å². The molecule has 0 radical (unpaired) electrons. The van der Waals surface area contributed by atoms with Crippen LogP contribution in [0, 0.1) is 0 Å². The van der Waals surface area contributed by atoms with Crippen molar-refractivity contribution in [3.63, 3.8) is 0 Å². The summed E-state index contributed by atoms with van der Waals surface area (Å²) >= 11 is 6.24. The van der Waals surface area contributed by atoms with Crippen LogP contribution in [0.15, 0.2) is 42.5 Å². The van der Waals surface area contributed by atoms with Crippen LogP contribution in [0.2, 0.25) is 5.02 Å². The summed E-state index contributed by atoms with van der Waals surface area (Å²) in [6, 6.07) is 12.3. The van der Waals surface area contributed by atoms with Crippen LogP contribution < -0.4 is 0 Å². The Bertz CT molecular complexity index is 917. The summed E-state index contributed by atoms with van der Waals surface area (Å²) in [6.45, 7) is 3.87. The number of hydrogen-bond donors (Lipinski definition) is 0. The van der Waals surface area contributed by atoms with Crippen LogP contribution in [0.25, 0.3) is 0 Å². The summed E-state index contributed by atoms with van der Waals surface area (Å²) in [4.78, 5) is 25.7. The van der Waals surface area contributed by atoms with Gasteiger partial charge in [0.25, 0.3) is 0 Å². The van der Waals surface area contributed by atoms with Crippen molar-refractivity contribution in [2.45, 2.75) is 25.9 Å². The molecule has 6 nitrogen and oxygen atoms in total. The SMILES string of the molecule is CCOC(=O)N1[C@H]2c3ccccc3[C@@H](c3cc(Cl)ccc32)N1C(=O)OCC. The normalized spacial score (nSPS) is 19.4. The standard InChI is InChI=1S/C20H19ClN2O4/c1-3-26-19(24)22-17-13-7-5-6-8-14(13)18(23(22)20(25)27-4-2)16-11-12(21)9-10-15(16)17/h5-11,17-18H,3-4H2,1-2H3/t17-,18-/m0/s1. The van der Waals surface area contributed by atoms with Gasteiger partial charge in [-0.2, -0.15) is 0 Å². The van der Waals surface area contributed by atoms with Gasteiger partial charge in [-0.05, 0) is 48.2 Å². The highest BCUT2D eigenvalue weighted by atomic mass is 35.5. The molecule has 2 atom stereocenters. The molecule has 2 amide bonds. The lowest BCUT2D eigenvalue weighted by Crippen LogP contribution is -2.59. The number of fused-ring (bicyclic) bond motifs is 1. The predicted molar refractivity (Wildman–Crippen MR) is 99.3 cm³/mol. The number of amides is 2. The van der Waals surface area contributed by atoms with Crippen molar-refractivity contribution in [1.82, 2.24) is 10.0 Å². The van der Waals surface area contributed by atoms with E-state index in [0.29, 0.717) is 5.02 Å². The Morgan fingerprint density at radius 2 is 1.33 bits per heavy atom. The number of carbonyl (C=O) groups is 2. The minimum atomic E-state index is -0.597. The lowest BCUT2D eigenvalue weighted by molar-refractivity contribution is -0.0710. The summed E-state index contributed by atoms with van der Waals surface area (Å²) in [6.07, 6.45) is -1.18. The van der Waals surface area contributed by atoms with Gasteiger partial charge in [0.15, 0.2) is 0 Å². The number of nitrogens with zero attached hydrogens (tertiary/aromatic N) is 2. The second kappa shape index (κ2) is 6.78. The number of hydrogen-bond acceptors (Lipinski definition) is 4. The van der Waals surface area contributed by atoms with E-state index in [9.17, 15) is 9.59 Å². The fourth-order valence-corrected chi connectivity index (χ4v) is 4.10. The van der Waals surface area contributed by atoms with Crippen LogP contribution >= 0.6 is 11.6 Å². The minimum Gasteiger partial charge on any atom is -0.448 e. The van der Waals surface area contributed by atoms with Crippen LogP contribution in [0.3, 0.4) is 0 Å². The zero-order valence-electron chi connectivity index (χ0n) is 15.0. The Balaban J connectivity index is 1.96. The first-order valence-corrected chi connectivity index (χ1v) is 9.26. The highest BCUT2D eigenvalue weighted by molar-refractivity contribution is 6.30. The van der Waals surface area contributed by atoms with Crippen molar-refractivity contribution in [2.24, 2.45) is 0 Å². The molecule has 7 heteroatoms. The van der Waals surface area contributed by atoms with Gasteiger partial charge in [0.05, 0.1) is 13.2 Å². The molecule has 0 unspecified atom stereocenters. The molecular weight excluding hydrogens is 368 g/mol. The molecule has 3 aliphatic rings. The Kier molecular flexibility index (Phi) is 4.44. The summed E-state index contributed by atoms with van der Waals surface area (Å²) in [5.41, 5.74) is 3.73. The second-order valence-corrected chi connectivity index (χ2v) is 6.73. The first kappa shape index (κ1) is 17.7. The third-order valence-corrected chi connectivity index (χ3v) is 5.09. The first-order chi connectivity index (χ1) is 13.1. The number of ether oxygens (including phenoxy) is 2. The Morgan fingerprint density at radius 3 is 1.85 bits per heavy atom. The lowest BCUT2D eigenvalue weighted by atomic mass is 9.76. The molecule has 0 aromatic heterocycles. The van der Waals surface area contributed by atoms with Gasteiger partial charge < -0.3 is 9.47 Å². The van der Waals surface area contributed by atoms with Crippen molar-refractivity contribution in [3.8, 4) is 0 Å². The molecule has 0 fully saturated rings. The van der Waals surface area contributed by atoms with Crippen molar-refractivity contribution in [1.29, 1.82) is 0 Å². The fourth-order valence-electron chi connectivity index (χ4n) is 3.92. The molecule has 2 bridgehead atoms. The summed E-state index contributed by atoms with van der Waals surface area (Å²) < 4.78 is 10.5. The van der Waals surface area contributed by atoms with Gasteiger partial charge in [0, 0.05) is 5.02 Å². The van der Waals surface area contributed by atoms with Gasteiger partial charge in [-0.15, -0.1) is 0 Å². The van der Waals surface area contributed by atoms with E-state index >= 15 is 0 Å². The molecule has 0 N–H and O–H groups in total. The molecule has 5 rings (SSSR count). The zero-order chi connectivity index (χ0) is 19.1. The average molecular weight is 387 g/mol. The average Bonchev–Trinajstić information content (AvgIpc) is 2.67. The van der Waals surface area contributed by atoms with Gasteiger partial charge in [-0.1, -0.05) is 41.9 Å². The van der Waals surface area contributed by atoms with E-state index in [0.717, 1.165) is 22.3 Å². The predicted octanol–water partition coefficient (Wildman–Crippen LogP) is 4.68. The zero-order valence-corrected chi connectivity index (χ0v) is 15.8. The third kappa shape index (κ3) is 2.63. The van der Waals surface area contributed by atoms with Crippen LogP contribution in [-0.2, 0) is 9.47 Å². The molecule has 0 spiro atoms. The quantitative estimate of drug-likeness (QED) is 0.752. The first-order valence-electron chi connectivity index (χ1n) is 8.88. The number of halogens is 1. The van der Waals surface area contributed by atoms with E-state index in [2.05, 4.69) is 0 Å². The molecule has 0 saturated carbocycles. The molecular formula is C20H19ClN2O4. The molecule has 2 aromatic carbocycles. The maximum absolute atomic E-state index is 12.8. The monoisotopic (exact) mass is 386 g/mol. The highest BCUT2D eigenvalue weighted by Crippen LogP contribution is 2.53. The maximum Gasteiger partial charge on any atom is 0.429 e. The minimum absolute atomic E-state index is 0.202. The third-order valence-electron chi connectivity index (χ3n) is 4.85. The molecule has 0 saturated heterocycles. The van der Waals surface area contributed by atoms with Gasteiger partial charge in [-0.3, -0.25) is 0 Å². The fraction of sp³-hybridized carbons (Fsp3) is 0.300. The Hall–Kier alpha value is -2.73. The summed E-state index contributed by atoms with van der Waals surface area (Å²) in [7, 11) is 0. The van der Waals surface area contributed by atoms with Crippen molar-refractivity contribution < 1.29 is 19.1 Å². The Morgan fingerprint density at radius 1 is 0.852 bits per heavy atom. The summed E-state index contributed by atoms with van der Waals surface area (Å²) in [5, 5.41) is 3.29. The number of rotatable bonds is 2. The van der Waals surface area contributed by atoms with E-state index in [1.807, 2.05) is 36.4 Å². The molecule has 2 aromatic rings. The summed E-state index contributed by atoms with van der Waals surface area (Å²) in [5.74, 6) is 0. The number of benzene rings is 2. The topological polar surface area (TPSA) is 59.1 Å². The molecule has 1 aliphatic carbocycles. The van der Waals surface area contributed by atoms with Crippen LogP contribution in [0.1, 0.15) is 48.2 Å². The lowest BCUT2D eigenvalue weighted by Gasteiger charge is -2.52. The van der Waals surface area contributed by atoms with E-state index in [4.69, 9.17) is 21.1 Å². The van der Waals surface area contributed by atoms with Crippen LogP contribution in [-0.4, -0.2) is 35.4 Å². The smallest absolute Gasteiger partial charge is 0.429 e. The van der Waals surface area contributed by atoms with Crippen molar-refractivity contribution in [2.75, 3.05) is 13.2 Å². The van der Waals surface area contributed by atoms with Crippen molar-refractivity contribution in [3.05, 3.63) is 69.7 Å². The van der Waals surface area contributed by atoms with E-state index in [1.165, 1.54) is 10.0 Å². The van der Waals surface area contributed by atoms with E-state index < -0.39 is 24.3 Å². The van der Waals surface area contributed by atoms with E-state index in [1.54, 1.807) is 19.9 Å². The highest BCUT2D eigenvalue weighted by Gasteiger charge is 2.52. The molecule has 2 aliphatic heterocycles. The molecule has 2 heterocycles. The largest absolute Gasteiger partial charge is 0.448 e. The Labute approximate surface area is 162 Å². The van der Waals surface area contributed by atoms with Crippen LogP contribution in [0.5, 0.6) is 0 Å². The second-order valence-electron chi connectivity index (χ2n) is 6.29. The number of carbonyl (C=O) groups excluding carboxylic acids is 2. The maximum atomic E-state index is 12.8. The van der Waals surface area contributed by atoms with Gasteiger partial charge in [0.2, 0.25) is 0 Å². The molecule has 140 valence electrons. The van der Waals surface area contributed by atoms with Crippen molar-refractivity contribution >= 4 is 23.8 Å². The van der Waals surface area contributed by atoms with Gasteiger partial charge >= 0.3 is 12.2 Å². The number of hydrazine groups is 1.